The first-order chi connectivity index (χ1) is 10.5. The SMILES string of the molecule is CC(=O)N1CCN(Cc2cc3ccc(C)cc3[nH]c2=O)CC1. The van der Waals surface area contributed by atoms with Crippen molar-refractivity contribution in [2.45, 2.75) is 20.4 Å². The van der Waals surface area contributed by atoms with Crippen LogP contribution in [0.3, 0.4) is 0 Å². The Hall–Kier alpha value is -2.14. The van der Waals surface area contributed by atoms with Gasteiger partial charge in [-0.05, 0) is 30.0 Å². The van der Waals surface area contributed by atoms with Crippen molar-refractivity contribution in [1.82, 2.24) is 14.8 Å². The van der Waals surface area contributed by atoms with Crippen molar-refractivity contribution in [3.8, 4) is 0 Å². The van der Waals surface area contributed by atoms with Crippen LogP contribution in [0.1, 0.15) is 18.1 Å². The van der Waals surface area contributed by atoms with Crippen molar-refractivity contribution in [2.75, 3.05) is 26.2 Å². The quantitative estimate of drug-likeness (QED) is 0.914. The fourth-order valence-corrected chi connectivity index (χ4v) is 2.94. The third-order valence-corrected chi connectivity index (χ3v) is 4.29. The third-order valence-electron chi connectivity index (χ3n) is 4.29. The van der Waals surface area contributed by atoms with Gasteiger partial charge in [0.15, 0.2) is 0 Å². The van der Waals surface area contributed by atoms with E-state index in [1.54, 1.807) is 6.92 Å². The molecule has 5 nitrogen and oxygen atoms in total. The molecule has 1 N–H and O–H groups in total. The highest BCUT2D eigenvalue weighted by molar-refractivity contribution is 5.79. The Labute approximate surface area is 129 Å². The summed E-state index contributed by atoms with van der Waals surface area (Å²) in [7, 11) is 0. The number of pyridine rings is 1. The average Bonchev–Trinajstić information content (AvgIpc) is 2.49. The number of aryl methyl sites for hydroxylation is 1. The number of benzene rings is 1. The molecule has 0 atom stereocenters. The van der Waals surface area contributed by atoms with E-state index in [0.717, 1.165) is 48.2 Å². The summed E-state index contributed by atoms with van der Waals surface area (Å²) in [6, 6.07) is 8.06. The lowest BCUT2D eigenvalue weighted by atomic mass is 10.1. The predicted molar refractivity (Wildman–Crippen MR) is 86.8 cm³/mol. The summed E-state index contributed by atoms with van der Waals surface area (Å²) in [5.41, 5.74) is 2.78. The van der Waals surface area contributed by atoms with Crippen LogP contribution in [0.5, 0.6) is 0 Å². The zero-order valence-corrected chi connectivity index (χ0v) is 13.1. The maximum absolute atomic E-state index is 12.2. The van der Waals surface area contributed by atoms with Crippen molar-refractivity contribution >= 4 is 16.8 Å². The summed E-state index contributed by atoms with van der Waals surface area (Å²) >= 11 is 0. The van der Waals surface area contributed by atoms with Crippen LogP contribution in [-0.2, 0) is 11.3 Å². The lowest BCUT2D eigenvalue weighted by Gasteiger charge is -2.34. The van der Waals surface area contributed by atoms with Crippen LogP contribution in [0, 0.1) is 6.92 Å². The Morgan fingerprint density at radius 1 is 1.18 bits per heavy atom. The van der Waals surface area contributed by atoms with Gasteiger partial charge >= 0.3 is 0 Å². The number of aromatic amines is 1. The Morgan fingerprint density at radius 3 is 2.59 bits per heavy atom. The highest BCUT2D eigenvalue weighted by Crippen LogP contribution is 2.14. The zero-order chi connectivity index (χ0) is 15.7. The maximum atomic E-state index is 12.2. The van der Waals surface area contributed by atoms with Gasteiger partial charge in [-0.25, -0.2) is 0 Å². The van der Waals surface area contributed by atoms with Crippen molar-refractivity contribution in [2.24, 2.45) is 0 Å². The topological polar surface area (TPSA) is 56.4 Å². The Kier molecular flexibility index (Phi) is 3.98. The molecule has 3 rings (SSSR count). The minimum atomic E-state index is -0.0212. The largest absolute Gasteiger partial charge is 0.340 e. The first kappa shape index (κ1) is 14.8. The van der Waals surface area contributed by atoms with Gasteiger partial charge in [0.2, 0.25) is 5.91 Å². The first-order valence-electron chi connectivity index (χ1n) is 7.63. The molecule has 0 radical (unpaired) electrons. The van der Waals surface area contributed by atoms with E-state index in [4.69, 9.17) is 0 Å². The van der Waals surface area contributed by atoms with Gasteiger partial charge in [-0.2, -0.15) is 0 Å². The number of fused-ring (bicyclic) bond motifs is 1. The minimum Gasteiger partial charge on any atom is -0.340 e. The van der Waals surface area contributed by atoms with Crippen molar-refractivity contribution in [3.05, 3.63) is 45.7 Å². The van der Waals surface area contributed by atoms with Gasteiger partial charge < -0.3 is 9.88 Å². The molecule has 0 saturated carbocycles. The summed E-state index contributed by atoms with van der Waals surface area (Å²) in [5, 5.41) is 1.06. The van der Waals surface area contributed by atoms with E-state index in [0.29, 0.717) is 6.54 Å². The summed E-state index contributed by atoms with van der Waals surface area (Å²) in [6.07, 6.45) is 0. The second kappa shape index (κ2) is 5.93. The number of hydrogen-bond donors (Lipinski definition) is 1. The number of aromatic nitrogens is 1. The van der Waals surface area contributed by atoms with E-state index in [9.17, 15) is 9.59 Å². The van der Waals surface area contributed by atoms with Crippen molar-refractivity contribution in [1.29, 1.82) is 0 Å². The molecule has 0 aliphatic carbocycles. The molecule has 2 heterocycles. The highest BCUT2D eigenvalue weighted by atomic mass is 16.2. The molecule has 0 unspecified atom stereocenters. The molecule has 0 bridgehead atoms. The lowest BCUT2D eigenvalue weighted by molar-refractivity contribution is -0.130. The molecular weight excluding hydrogens is 278 g/mol. The second-order valence-electron chi connectivity index (χ2n) is 6.00. The van der Waals surface area contributed by atoms with Crippen LogP contribution in [0.25, 0.3) is 10.9 Å². The fourth-order valence-electron chi connectivity index (χ4n) is 2.94. The molecule has 2 aromatic rings. The summed E-state index contributed by atoms with van der Waals surface area (Å²) < 4.78 is 0. The van der Waals surface area contributed by atoms with Crippen molar-refractivity contribution < 1.29 is 4.79 Å². The number of carbonyl (C=O) groups excluding carboxylic acids is 1. The van der Waals surface area contributed by atoms with Gasteiger partial charge in [0, 0.05) is 50.7 Å². The molecule has 1 amide bonds. The number of rotatable bonds is 2. The van der Waals surface area contributed by atoms with Crippen LogP contribution >= 0.6 is 0 Å². The van der Waals surface area contributed by atoms with Gasteiger partial charge in [-0.1, -0.05) is 12.1 Å². The van der Waals surface area contributed by atoms with Crippen LogP contribution < -0.4 is 5.56 Å². The fraction of sp³-hybridized carbons (Fsp3) is 0.412. The van der Waals surface area contributed by atoms with E-state index < -0.39 is 0 Å². The molecule has 22 heavy (non-hydrogen) atoms. The van der Waals surface area contributed by atoms with Crippen molar-refractivity contribution in [3.63, 3.8) is 0 Å². The molecule has 5 heteroatoms. The number of nitrogens with one attached hydrogen (secondary N) is 1. The average molecular weight is 299 g/mol. The molecular formula is C17H21N3O2. The zero-order valence-electron chi connectivity index (χ0n) is 13.1. The number of carbonyl (C=O) groups is 1. The van der Waals surface area contributed by atoms with Gasteiger partial charge in [-0.3, -0.25) is 14.5 Å². The lowest BCUT2D eigenvalue weighted by Crippen LogP contribution is -2.47. The number of H-pyrrole nitrogens is 1. The molecule has 1 aromatic heterocycles. The number of nitrogens with zero attached hydrogens (tertiary/aromatic N) is 2. The van der Waals surface area contributed by atoms with E-state index in [-0.39, 0.29) is 11.5 Å². The number of piperazine rings is 1. The van der Waals surface area contributed by atoms with Gasteiger partial charge in [0.25, 0.3) is 5.56 Å². The molecule has 1 aromatic carbocycles. The Bertz CT molecular complexity index is 758. The first-order valence-corrected chi connectivity index (χ1v) is 7.63. The van der Waals surface area contributed by atoms with E-state index >= 15 is 0 Å². The number of hydrogen-bond acceptors (Lipinski definition) is 3. The maximum Gasteiger partial charge on any atom is 0.252 e. The highest BCUT2D eigenvalue weighted by Gasteiger charge is 2.19. The normalized spacial score (nSPS) is 16.2. The molecule has 1 aliphatic heterocycles. The Morgan fingerprint density at radius 2 is 1.91 bits per heavy atom. The molecule has 0 spiro atoms. The van der Waals surface area contributed by atoms with E-state index in [1.165, 1.54) is 0 Å². The predicted octanol–water partition coefficient (Wildman–Crippen LogP) is 1.50. The second-order valence-corrected chi connectivity index (χ2v) is 6.00. The molecule has 116 valence electrons. The van der Waals surface area contributed by atoms with E-state index in [1.807, 2.05) is 30.0 Å². The monoisotopic (exact) mass is 299 g/mol. The van der Waals surface area contributed by atoms with Crippen LogP contribution in [-0.4, -0.2) is 46.9 Å². The number of amides is 1. The van der Waals surface area contributed by atoms with E-state index in [2.05, 4.69) is 16.0 Å². The van der Waals surface area contributed by atoms with Gasteiger partial charge in [0.1, 0.15) is 0 Å². The summed E-state index contributed by atoms with van der Waals surface area (Å²) in [5.74, 6) is 0.124. The van der Waals surface area contributed by atoms with Gasteiger partial charge in [0.05, 0.1) is 0 Å². The summed E-state index contributed by atoms with van der Waals surface area (Å²) in [4.78, 5) is 30.6. The van der Waals surface area contributed by atoms with Crippen LogP contribution in [0.4, 0.5) is 0 Å². The minimum absolute atomic E-state index is 0.0212. The Balaban J connectivity index is 1.77. The third kappa shape index (κ3) is 3.04. The standard InChI is InChI=1S/C17H21N3O2/c1-12-3-4-14-10-15(17(22)18-16(14)9-12)11-19-5-7-20(8-6-19)13(2)21/h3-4,9-10H,5-8,11H2,1-2H3,(H,18,22). The molecule has 1 saturated heterocycles. The van der Waals surface area contributed by atoms with Crippen LogP contribution in [0.15, 0.2) is 29.1 Å². The summed E-state index contributed by atoms with van der Waals surface area (Å²) in [6.45, 7) is 7.34. The molecule has 1 fully saturated rings. The molecule has 1 aliphatic rings. The van der Waals surface area contributed by atoms with Gasteiger partial charge in [-0.15, -0.1) is 0 Å². The smallest absolute Gasteiger partial charge is 0.252 e. The van der Waals surface area contributed by atoms with Crippen LogP contribution in [0.2, 0.25) is 0 Å².